The lowest BCUT2D eigenvalue weighted by atomic mass is 10.1. The predicted molar refractivity (Wildman–Crippen MR) is 53.6 cm³/mol. The van der Waals surface area contributed by atoms with Gasteiger partial charge in [0.2, 0.25) is 0 Å². The molecular weight excluding hydrogens is 162 g/mol. The summed E-state index contributed by atoms with van der Waals surface area (Å²) in [5.74, 6) is 0. The Bertz CT molecular complexity index is 283. The molecule has 13 heavy (non-hydrogen) atoms. The molecule has 0 unspecified atom stereocenters. The van der Waals surface area contributed by atoms with Crippen LogP contribution >= 0.6 is 0 Å². The zero-order chi connectivity index (χ0) is 9.84. The van der Waals surface area contributed by atoms with Crippen molar-refractivity contribution in [3.8, 4) is 0 Å². The van der Waals surface area contributed by atoms with E-state index in [1.807, 2.05) is 13.8 Å². The second kappa shape index (κ2) is 4.38. The van der Waals surface area contributed by atoms with Gasteiger partial charge in [0, 0.05) is 6.20 Å². The van der Waals surface area contributed by atoms with Gasteiger partial charge in [0.05, 0.1) is 11.8 Å². The minimum Gasteiger partial charge on any atom is -0.387 e. The zero-order valence-electron chi connectivity index (χ0n) is 8.54. The topological polar surface area (TPSA) is 33.1 Å². The van der Waals surface area contributed by atoms with Crippen LogP contribution < -0.4 is 0 Å². The molecule has 2 heteroatoms. The van der Waals surface area contributed by atoms with E-state index in [9.17, 15) is 5.11 Å². The fourth-order valence-electron chi connectivity index (χ4n) is 1.48. The van der Waals surface area contributed by atoms with Gasteiger partial charge in [0.25, 0.3) is 0 Å². The van der Waals surface area contributed by atoms with Gasteiger partial charge in [0.1, 0.15) is 0 Å². The van der Waals surface area contributed by atoms with Gasteiger partial charge >= 0.3 is 0 Å². The summed E-state index contributed by atoms with van der Waals surface area (Å²) in [6.45, 7) is 6.07. The Kier molecular flexibility index (Phi) is 3.43. The fraction of sp³-hybridized carbons (Fsp3) is 0.545. The molecule has 0 aliphatic rings. The van der Waals surface area contributed by atoms with Crippen LogP contribution in [-0.4, -0.2) is 10.1 Å². The van der Waals surface area contributed by atoms with E-state index in [-0.39, 0.29) is 0 Å². The van der Waals surface area contributed by atoms with Gasteiger partial charge in [-0.05, 0) is 31.4 Å². The lowest BCUT2D eigenvalue weighted by Crippen LogP contribution is -2.02. The number of nitrogens with zero attached hydrogens (tertiary/aromatic N) is 1. The molecule has 0 amide bonds. The highest BCUT2D eigenvalue weighted by Gasteiger charge is 2.10. The van der Waals surface area contributed by atoms with E-state index in [0.29, 0.717) is 0 Å². The molecule has 1 atom stereocenters. The molecule has 1 aromatic rings. The van der Waals surface area contributed by atoms with E-state index in [0.717, 1.165) is 29.7 Å². The van der Waals surface area contributed by atoms with Gasteiger partial charge in [-0.2, -0.15) is 0 Å². The summed E-state index contributed by atoms with van der Waals surface area (Å²) < 4.78 is 0. The smallest absolute Gasteiger partial charge is 0.0962 e. The summed E-state index contributed by atoms with van der Waals surface area (Å²) in [6, 6.07) is 2.06. The average Bonchev–Trinajstić information content (AvgIpc) is 2.04. The van der Waals surface area contributed by atoms with Crippen LogP contribution in [0.3, 0.4) is 0 Å². The third-order valence-electron chi connectivity index (χ3n) is 2.13. The van der Waals surface area contributed by atoms with Crippen LogP contribution in [0.15, 0.2) is 12.3 Å². The van der Waals surface area contributed by atoms with Gasteiger partial charge in [-0.15, -0.1) is 0 Å². The maximum absolute atomic E-state index is 9.73. The number of aliphatic hydroxyl groups excluding tert-OH is 1. The summed E-state index contributed by atoms with van der Waals surface area (Å²) in [5.41, 5.74) is 3.05. The molecular formula is C11H17NO. The molecule has 2 nitrogen and oxygen atoms in total. The van der Waals surface area contributed by atoms with E-state index in [4.69, 9.17) is 0 Å². The largest absolute Gasteiger partial charge is 0.387 e. The molecule has 1 N–H and O–H groups in total. The Hall–Kier alpha value is -0.890. The minimum atomic E-state index is -0.398. The first kappa shape index (κ1) is 10.2. The molecule has 72 valence electrons. The summed E-state index contributed by atoms with van der Waals surface area (Å²) in [4.78, 5) is 4.25. The molecule has 0 aromatic carbocycles. The summed E-state index contributed by atoms with van der Waals surface area (Å²) in [7, 11) is 0. The van der Waals surface area contributed by atoms with Crippen molar-refractivity contribution in [3.05, 3.63) is 29.1 Å². The normalized spacial score (nSPS) is 12.9. The highest BCUT2D eigenvalue weighted by Crippen LogP contribution is 2.19. The van der Waals surface area contributed by atoms with Crippen molar-refractivity contribution in [1.82, 2.24) is 4.98 Å². The van der Waals surface area contributed by atoms with Crippen molar-refractivity contribution in [3.63, 3.8) is 0 Å². The van der Waals surface area contributed by atoms with Crippen molar-refractivity contribution in [1.29, 1.82) is 0 Å². The van der Waals surface area contributed by atoms with Crippen LogP contribution in [0.1, 0.15) is 42.7 Å². The molecule has 0 bridgehead atoms. The van der Waals surface area contributed by atoms with Crippen LogP contribution in [-0.2, 0) is 0 Å². The standard InChI is InChI=1S/C11H17NO/c1-4-5-10(13)11-9(3)6-8(2)7-12-11/h6-7,10,13H,4-5H2,1-3H3/t10-/m0/s1. The Balaban J connectivity index is 2.88. The highest BCUT2D eigenvalue weighted by molar-refractivity contribution is 5.24. The number of aromatic nitrogens is 1. The van der Waals surface area contributed by atoms with E-state index >= 15 is 0 Å². The SMILES string of the molecule is CCC[C@H](O)c1ncc(C)cc1C. The Morgan fingerprint density at radius 1 is 1.46 bits per heavy atom. The van der Waals surface area contributed by atoms with E-state index in [1.165, 1.54) is 0 Å². The van der Waals surface area contributed by atoms with E-state index < -0.39 is 6.10 Å². The monoisotopic (exact) mass is 179 g/mol. The summed E-state index contributed by atoms with van der Waals surface area (Å²) in [6.07, 6.45) is 3.18. The quantitative estimate of drug-likeness (QED) is 0.773. The number of rotatable bonds is 3. The van der Waals surface area contributed by atoms with Crippen molar-refractivity contribution in [2.24, 2.45) is 0 Å². The first-order chi connectivity index (χ1) is 6.15. The van der Waals surface area contributed by atoms with Gasteiger partial charge in [-0.3, -0.25) is 4.98 Å². The predicted octanol–water partition coefficient (Wildman–Crippen LogP) is 2.53. The highest BCUT2D eigenvalue weighted by atomic mass is 16.3. The lowest BCUT2D eigenvalue weighted by Gasteiger charge is -2.11. The molecule has 0 radical (unpaired) electrons. The molecule has 1 aromatic heterocycles. The third-order valence-corrected chi connectivity index (χ3v) is 2.13. The first-order valence-electron chi connectivity index (χ1n) is 4.76. The Morgan fingerprint density at radius 2 is 2.15 bits per heavy atom. The lowest BCUT2D eigenvalue weighted by molar-refractivity contribution is 0.161. The van der Waals surface area contributed by atoms with Gasteiger partial charge in [-0.25, -0.2) is 0 Å². The van der Waals surface area contributed by atoms with Crippen LogP contribution in [0, 0.1) is 13.8 Å². The first-order valence-corrected chi connectivity index (χ1v) is 4.76. The van der Waals surface area contributed by atoms with Crippen LogP contribution in [0.5, 0.6) is 0 Å². The molecule has 0 spiro atoms. The number of hydrogen-bond donors (Lipinski definition) is 1. The molecule has 0 saturated heterocycles. The number of pyridine rings is 1. The minimum absolute atomic E-state index is 0.398. The van der Waals surface area contributed by atoms with Crippen molar-refractivity contribution in [2.75, 3.05) is 0 Å². The second-order valence-corrected chi connectivity index (χ2v) is 3.52. The number of aliphatic hydroxyl groups is 1. The van der Waals surface area contributed by atoms with Crippen LogP contribution in [0.25, 0.3) is 0 Å². The van der Waals surface area contributed by atoms with E-state index in [2.05, 4.69) is 18.0 Å². The maximum Gasteiger partial charge on any atom is 0.0962 e. The van der Waals surface area contributed by atoms with Crippen LogP contribution in [0.4, 0.5) is 0 Å². The van der Waals surface area contributed by atoms with Gasteiger partial charge < -0.3 is 5.11 Å². The Morgan fingerprint density at radius 3 is 2.69 bits per heavy atom. The van der Waals surface area contributed by atoms with Crippen molar-refractivity contribution in [2.45, 2.75) is 39.7 Å². The third kappa shape index (κ3) is 2.52. The maximum atomic E-state index is 9.73. The summed E-state index contributed by atoms with van der Waals surface area (Å²) in [5, 5.41) is 9.73. The van der Waals surface area contributed by atoms with Crippen molar-refractivity contribution < 1.29 is 5.11 Å². The molecule has 0 aliphatic carbocycles. The Labute approximate surface area is 79.6 Å². The van der Waals surface area contributed by atoms with Gasteiger partial charge in [-0.1, -0.05) is 19.4 Å². The molecule has 0 aliphatic heterocycles. The van der Waals surface area contributed by atoms with Crippen LogP contribution in [0.2, 0.25) is 0 Å². The zero-order valence-corrected chi connectivity index (χ0v) is 8.54. The fourth-order valence-corrected chi connectivity index (χ4v) is 1.48. The molecule has 0 saturated carbocycles. The second-order valence-electron chi connectivity index (χ2n) is 3.52. The number of aryl methyl sites for hydroxylation is 2. The molecule has 1 rings (SSSR count). The van der Waals surface area contributed by atoms with Crippen molar-refractivity contribution >= 4 is 0 Å². The molecule has 0 fully saturated rings. The number of hydrogen-bond acceptors (Lipinski definition) is 2. The summed E-state index contributed by atoms with van der Waals surface area (Å²) >= 11 is 0. The average molecular weight is 179 g/mol. The van der Waals surface area contributed by atoms with E-state index in [1.54, 1.807) is 6.20 Å². The van der Waals surface area contributed by atoms with Gasteiger partial charge in [0.15, 0.2) is 0 Å². The molecule has 1 heterocycles.